The van der Waals surface area contributed by atoms with E-state index in [1.807, 2.05) is 18.5 Å². The maximum Gasteiger partial charge on any atom is 0.123 e. The van der Waals surface area contributed by atoms with Crippen LogP contribution in [0.4, 0.5) is 4.39 Å². The van der Waals surface area contributed by atoms with Crippen molar-refractivity contribution in [3.63, 3.8) is 0 Å². The van der Waals surface area contributed by atoms with E-state index >= 15 is 0 Å². The lowest BCUT2D eigenvalue weighted by Gasteiger charge is -2.32. The van der Waals surface area contributed by atoms with Gasteiger partial charge in [0, 0.05) is 50.4 Å². The molecule has 130 valence electrons. The molecular formula is C18H24FN3O2. The van der Waals surface area contributed by atoms with Crippen molar-refractivity contribution in [3.8, 4) is 5.69 Å². The Bertz CT molecular complexity index is 691. The van der Waals surface area contributed by atoms with Crippen LogP contribution in [-0.4, -0.2) is 40.2 Å². The molecular weight excluding hydrogens is 309 g/mol. The van der Waals surface area contributed by atoms with Crippen molar-refractivity contribution in [2.75, 3.05) is 19.8 Å². The highest BCUT2D eigenvalue weighted by molar-refractivity contribution is 5.37. The van der Waals surface area contributed by atoms with Gasteiger partial charge in [0.25, 0.3) is 0 Å². The summed E-state index contributed by atoms with van der Waals surface area (Å²) >= 11 is 0. The van der Waals surface area contributed by atoms with E-state index in [4.69, 9.17) is 4.74 Å². The molecule has 5 nitrogen and oxygen atoms in total. The topological polar surface area (TPSA) is 59.3 Å². The van der Waals surface area contributed by atoms with Gasteiger partial charge in [-0.15, -0.1) is 0 Å². The molecule has 1 aromatic heterocycles. The zero-order valence-electron chi connectivity index (χ0n) is 14.2. The minimum absolute atomic E-state index is 0.258. The van der Waals surface area contributed by atoms with E-state index in [0.29, 0.717) is 39.1 Å². The van der Waals surface area contributed by atoms with E-state index in [9.17, 15) is 9.50 Å². The molecule has 2 heterocycles. The van der Waals surface area contributed by atoms with Crippen LogP contribution in [0.3, 0.4) is 0 Å². The average molecular weight is 333 g/mol. The predicted octanol–water partition coefficient (Wildman–Crippen LogP) is 2.26. The number of aliphatic hydroxyl groups is 1. The number of ether oxygens (including phenoxy) is 1. The van der Waals surface area contributed by atoms with Crippen molar-refractivity contribution in [2.45, 2.75) is 38.8 Å². The Hall–Kier alpha value is -1.76. The molecule has 2 N–H and O–H groups in total. The number of nitrogens with zero attached hydrogens (tertiary/aromatic N) is 2. The highest BCUT2D eigenvalue weighted by Gasteiger charge is 2.29. The van der Waals surface area contributed by atoms with Crippen LogP contribution in [0, 0.1) is 19.7 Å². The van der Waals surface area contributed by atoms with E-state index in [1.165, 1.54) is 12.1 Å². The van der Waals surface area contributed by atoms with Crippen LogP contribution in [0.2, 0.25) is 0 Å². The van der Waals surface area contributed by atoms with Crippen molar-refractivity contribution >= 4 is 0 Å². The molecule has 0 atom stereocenters. The molecule has 3 rings (SSSR count). The molecule has 6 heteroatoms. The maximum absolute atomic E-state index is 13.1. The molecule has 0 amide bonds. The van der Waals surface area contributed by atoms with Crippen LogP contribution < -0.4 is 5.32 Å². The number of aromatic nitrogens is 2. The third-order valence-corrected chi connectivity index (χ3v) is 4.69. The van der Waals surface area contributed by atoms with Gasteiger partial charge >= 0.3 is 0 Å². The van der Waals surface area contributed by atoms with Crippen LogP contribution >= 0.6 is 0 Å². The van der Waals surface area contributed by atoms with E-state index < -0.39 is 5.60 Å². The first-order valence-electron chi connectivity index (χ1n) is 8.30. The minimum atomic E-state index is -0.687. The molecule has 1 saturated heterocycles. The fourth-order valence-corrected chi connectivity index (χ4v) is 3.11. The summed E-state index contributed by atoms with van der Waals surface area (Å²) in [5.74, 6) is -0.258. The van der Waals surface area contributed by atoms with Gasteiger partial charge in [-0.25, -0.2) is 9.07 Å². The first-order valence-corrected chi connectivity index (χ1v) is 8.30. The zero-order chi connectivity index (χ0) is 17.2. The Balaban J connectivity index is 1.69. The van der Waals surface area contributed by atoms with Gasteiger partial charge in [0.05, 0.1) is 17.0 Å². The van der Waals surface area contributed by atoms with Crippen molar-refractivity contribution in [1.82, 2.24) is 15.1 Å². The number of halogens is 1. The van der Waals surface area contributed by atoms with Gasteiger partial charge in [-0.05, 0) is 38.1 Å². The molecule has 1 fully saturated rings. The van der Waals surface area contributed by atoms with Crippen molar-refractivity contribution in [1.29, 1.82) is 0 Å². The Morgan fingerprint density at radius 3 is 2.58 bits per heavy atom. The molecule has 1 aliphatic heterocycles. The fraction of sp³-hybridized carbons (Fsp3) is 0.500. The number of hydrogen-bond donors (Lipinski definition) is 2. The Labute approximate surface area is 141 Å². The summed E-state index contributed by atoms with van der Waals surface area (Å²) < 4.78 is 20.2. The van der Waals surface area contributed by atoms with E-state index in [-0.39, 0.29) is 5.82 Å². The predicted molar refractivity (Wildman–Crippen MR) is 89.7 cm³/mol. The minimum Gasteiger partial charge on any atom is -0.388 e. The Morgan fingerprint density at radius 2 is 1.92 bits per heavy atom. The molecule has 0 aliphatic carbocycles. The molecule has 1 aromatic carbocycles. The van der Waals surface area contributed by atoms with Crippen LogP contribution in [-0.2, 0) is 11.3 Å². The lowest BCUT2D eigenvalue weighted by Crippen LogP contribution is -2.44. The number of nitrogens with one attached hydrogen (secondary N) is 1. The summed E-state index contributed by atoms with van der Waals surface area (Å²) in [4.78, 5) is 0. The number of aryl methyl sites for hydroxylation is 1. The Kier molecular flexibility index (Phi) is 4.99. The first-order chi connectivity index (χ1) is 11.5. The second-order valence-electron chi connectivity index (χ2n) is 6.48. The summed E-state index contributed by atoms with van der Waals surface area (Å²) in [5, 5.41) is 18.4. The molecule has 0 radical (unpaired) electrons. The van der Waals surface area contributed by atoms with Crippen molar-refractivity contribution in [3.05, 3.63) is 47.0 Å². The van der Waals surface area contributed by atoms with Gasteiger partial charge in [0.15, 0.2) is 0 Å². The molecule has 1 aliphatic rings. The average Bonchev–Trinajstić information content (AvgIpc) is 2.84. The van der Waals surface area contributed by atoms with Gasteiger partial charge < -0.3 is 15.2 Å². The van der Waals surface area contributed by atoms with Gasteiger partial charge in [-0.2, -0.15) is 5.10 Å². The van der Waals surface area contributed by atoms with Gasteiger partial charge in [-0.3, -0.25) is 0 Å². The van der Waals surface area contributed by atoms with Crippen LogP contribution in [0.15, 0.2) is 24.3 Å². The van der Waals surface area contributed by atoms with Gasteiger partial charge in [0.1, 0.15) is 5.82 Å². The highest BCUT2D eigenvalue weighted by atomic mass is 19.1. The number of benzene rings is 1. The van der Waals surface area contributed by atoms with Crippen molar-refractivity contribution in [2.24, 2.45) is 0 Å². The second kappa shape index (κ2) is 7.01. The Morgan fingerprint density at radius 1 is 1.25 bits per heavy atom. The maximum atomic E-state index is 13.1. The molecule has 0 saturated carbocycles. The van der Waals surface area contributed by atoms with Crippen LogP contribution in [0.1, 0.15) is 29.8 Å². The fourth-order valence-electron chi connectivity index (χ4n) is 3.11. The monoisotopic (exact) mass is 333 g/mol. The van der Waals surface area contributed by atoms with Crippen LogP contribution in [0.25, 0.3) is 5.69 Å². The standard InChI is InChI=1S/C18H24FN3O2/c1-13-17(11-20-12-18(23)7-9-24-10-8-18)14(2)22(21-13)16-5-3-15(19)4-6-16/h3-6,20,23H,7-12H2,1-2H3. The van der Waals surface area contributed by atoms with E-state index in [1.54, 1.807) is 12.1 Å². The molecule has 24 heavy (non-hydrogen) atoms. The van der Waals surface area contributed by atoms with E-state index in [0.717, 1.165) is 22.6 Å². The molecule has 0 bridgehead atoms. The second-order valence-corrected chi connectivity index (χ2v) is 6.48. The molecule has 2 aromatic rings. The lowest BCUT2D eigenvalue weighted by molar-refractivity contribution is -0.0617. The SMILES string of the molecule is Cc1nn(-c2ccc(F)cc2)c(C)c1CNCC1(O)CCOCC1. The smallest absolute Gasteiger partial charge is 0.123 e. The summed E-state index contributed by atoms with van der Waals surface area (Å²) in [7, 11) is 0. The summed E-state index contributed by atoms with van der Waals surface area (Å²) in [5.41, 5.74) is 3.21. The largest absolute Gasteiger partial charge is 0.388 e. The normalized spacial score (nSPS) is 17.2. The number of rotatable bonds is 5. The zero-order valence-corrected chi connectivity index (χ0v) is 14.2. The summed E-state index contributed by atoms with van der Waals surface area (Å²) in [6.45, 7) is 6.37. The third-order valence-electron chi connectivity index (χ3n) is 4.69. The molecule has 0 unspecified atom stereocenters. The molecule has 0 spiro atoms. The third kappa shape index (κ3) is 3.66. The van der Waals surface area contributed by atoms with Crippen molar-refractivity contribution < 1.29 is 14.2 Å². The number of hydrogen-bond acceptors (Lipinski definition) is 4. The highest BCUT2D eigenvalue weighted by Crippen LogP contribution is 2.21. The first kappa shape index (κ1) is 17.1. The quantitative estimate of drug-likeness (QED) is 0.881. The summed E-state index contributed by atoms with van der Waals surface area (Å²) in [6, 6.07) is 6.31. The van der Waals surface area contributed by atoms with E-state index in [2.05, 4.69) is 10.4 Å². The van der Waals surface area contributed by atoms with Gasteiger partial charge in [-0.1, -0.05) is 0 Å². The lowest BCUT2D eigenvalue weighted by atomic mass is 9.94. The van der Waals surface area contributed by atoms with Crippen LogP contribution in [0.5, 0.6) is 0 Å². The summed E-state index contributed by atoms with van der Waals surface area (Å²) in [6.07, 6.45) is 1.32. The van der Waals surface area contributed by atoms with Gasteiger partial charge in [0.2, 0.25) is 0 Å².